The van der Waals surface area contributed by atoms with Gasteiger partial charge in [0.05, 0.1) is 5.69 Å². The van der Waals surface area contributed by atoms with E-state index in [1.165, 1.54) is 29.2 Å². The molecule has 1 aliphatic heterocycles. The van der Waals surface area contributed by atoms with Crippen molar-refractivity contribution in [2.75, 3.05) is 44.2 Å². The van der Waals surface area contributed by atoms with Crippen molar-refractivity contribution in [3.63, 3.8) is 0 Å². The molecular weight excluding hydrogens is 433 g/mol. The topological polar surface area (TPSA) is 69.6 Å². The second-order valence-electron chi connectivity index (χ2n) is 7.99. The molecular formula is C26H26FN5O2. The molecule has 0 N–H and O–H groups in total. The van der Waals surface area contributed by atoms with Gasteiger partial charge >= 0.3 is 0 Å². The third-order valence-corrected chi connectivity index (χ3v) is 5.73. The maximum Gasteiger partial charge on any atom is 0.254 e. The number of carbonyl (C=O) groups is 2. The summed E-state index contributed by atoms with van der Waals surface area (Å²) in [6.07, 6.45) is 1.57. The maximum atomic E-state index is 13.2. The zero-order chi connectivity index (χ0) is 23.9. The summed E-state index contributed by atoms with van der Waals surface area (Å²) in [5.41, 5.74) is 2.15. The second kappa shape index (κ2) is 10.7. The summed E-state index contributed by atoms with van der Waals surface area (Å²) in [4.78, 5) is 31.0. The van der Waals surface area contributed by atoms with Crippen LogP contribution in [0.25, 0.3) is 11.3 Å². The largest absolute Gasteiger partial charge is 0.352 e. The van der Waals surface area contributed by atoms with E-state index in [1.54, 1.807) is 11.0 Å². The fourth-order valence-corrected chi connectivity index (χ4v) is 3.86. The van der Waals surface area contributed by atoms with Gasteiger partial charge in [0.1, 0.15) is 12.4 Å². The summed E-state index contributed by atoms with van der Waals surface area (Å²) >= 11 is 0. The summed E-state index contributed by atoms with van der Waals surface area (Å²) in [5.74, 6) is -0.116. The number of hydrogen-bond acceptors (Lipinski definition) is 5. The van der Waals surface area contributed by atoms with Gasteiger partial charge in [-0.05, 0) is 36.4 Å². The van der Waals surface area contributed by atoms with Crippen molar-refractivity contribution in [2.24, 2.45) is 0 Å². The number of carbonyl (C=O) groups excluding carboxylic acids is 2. The first kappa shape index (κ1) is 23.1. The van der Waals surface area contributed by atoms with E-state index in [1.807, 2.05) is 42.5 Å². The molecule has 0 bridgehead atoms. The molecule has 1 aromatic heterocycles. The van der Waals surface area contributed by atoms with Gasteiger partial charge in [0.25, 0.3) is 5.91 Å². The minimum Gasteiger partial charge on any atom is -0.352 e. The lowest BCUT2D eigenvalue weighted by Gasteiger charge is -2.36. The monoisotopic (exact) mass is 459 g/mol. The molecule has 8 heteroatoms. The first-order chi connectivity index (χ1) is 16.5. The number of hydrogen-bond donors (Lipinski definition) is 0. The minimum atomic E-state index is -0.417. The molecule has 1 fully saturated rings. The number of amides is 2. The highest BCUT2D eigenvalue weighted by Crippen LogP contribution is 2.19. The van der Waals surface area contributed by atoms with E-state index in [0.29, 0.717) is 31.7 Å². The minimum absolute atomic E-state index is 0.0617. The quantitative estimate of drug-likeness (QED) is 0.508. The first-order valence-corrected chi connectivity index (χ1v) is 11.1. The summed E-state index contributed by atoms with van der Waals surface area (Å²) in [7, 11) is 0. The summed E-state index contributed by atoms with van der Waals surface area (Å²) in [6.45, 7) is 6.14. The highest BCUT2D eigenvalue weighted by atomic mass is 19.1. The van der Waals surface area contributed by atoms with Crippen molar-refractivity contribution in [2.45, 2.75) is 0 Å². The molecule has 2 aromatic carbocycles. The summed E-state index contributed by atoms with van der Waals surface area (Å²) in [6, 6.07) is 19.1. The number of rotatable bonds is 7. The van der Waals surface area contributed by atoms with Crippen LogP contribution in [0.3, 0.4) is 0 Å². The zero-order valence-electron chi connectivity index (χ0n) is 18.8. The summed E-state index contributed by atoms with van der Waals surface area (Å²) < 4.78 is 13.2. The lowest BCUT2D eigenvalue weighted by Crippen LogP contribution is -2.52. The predicted molar refractivity (Wildman–Crippen MR) is 129 cm³/mol. The second-order valence-corrected chi connectivity index (χ2v) is 7.99. The molecule has 34 heavy (non-hydrogen) atoms. The number of piperazine rings is 1. The Balaban J connectivity index is 1.33. The molecule has 0 spiro atoms. The number of nitrogens with zero attached hydrogens (tertiary/aromatic N) is 5. The van der Waals surface area contributed by atoms with E-state index >= 15 is 0 Å². The van der Waals surface area contributed by atoms with Crippen LogP contribution < -0.4 is 4.90 Å². The number of aromatic nitrogens is 2. The van der Waals surface area contributed by atoms with Gasteiger partial charge in [-0.2, -0.15) is 0 Å². The highest BCUT2D eigenvalue weighted by Gasteiger charge is 2.25. The van der Waals surface area contributed by atoms with E-state index in [4.69, 9.17) is 0 Å². The van der Waals surface area contributed by atoms with Crippen molar-refractivity contribution in [1.29, 1.82) is 0 Å². The molecule has 3 aromatic rings. The highest BCUT2D eigenvalue weighted by molar-refractivity contribution is 5.96. The maximum absolute atomic E-state index is 13.2. The molecule has 4 rings (SSSR count). The van der Waals surface area contributed by atoms with E-state index in [0.717, 1.165) is 17.1 Å². The Bertz CT molecular complexity index is 1130. The van der Waals surface area contributed by atoms with Crippen LogP contribution in [0.2, 0.25) is 0 Å². The van der Waals surface area contributed by atoms with Crippen molar-refractivity contribution in [3.8, 4) is 11.3 Å². The molecule has 0 unspecified atom stereocenters. The van der Waals surface area contributed by atoms with E-state index in [9.17, 15) is 14.0 Å². The van der Waals surface area contributed by atoms with Crippen molar-refractivity contribution >= 4 is 17.6 Å². The van der Waals surface area contributed by atoms with Gasteiger partial charge in [-0.3, -0.25) is 9.59 Å². The fourth-order valence-electron chi connectivity index (χ4n) is 3.86. The number of halogens is 1. The standard InChI is InChI=1S/C26H26FN5O2/c1-2-14-32(26(34)21-8-10-22(27)11-9-21)19-25(33)31-17-15-30(16-18-31)24-13-12-23(28-29-24)20-6-4-3-5-7-20/h2-13H,1,14-19H2. The average molecular weight is 460 g/mol. The zero-order valence-corrected chi connectivity index (χ0v) is 18.8. The van der Waals surface area contributed by atoms with Crippen molar-refractivity contribution in [3.05, 3.63) is 90.8 Å². The molecule has 0 aliphatic carbocycles. The van der Waals surface area contributed by atoms with Crippen LogP contribution in [0.5, 0.6) is 0 Å². The normalized spacial score (nSPS) is 13.4. The number of anilines is 1. The lowest BCUT2D eigenvalue weighted by molar-refractivity contribution is -0.132. The van der Waals surface area contributed by atoms with Crippen LogP contribution >= 0.6 is 0 Å². The average Bonchev–Trinajstić information content (AvgIpc) is 2.89. The smallest absolute Gasteiger partial charge is 0.254 e. The molecule has 2 amide bonds. The van der Waals surface area contributed by atoms with Crippen molar-refractivity contribution < 1.29 is 14.0 Å². The third-order valence-electron chi connectivity index (χ3n) is 5.73. The van der Waals surface area contributed by atoms with Crippen LogP contribution in [-0.4, -0.2) is 71.1 Å². The molecule has 0 saturated carbocycles. The van der Waals surface area contributed by atoms with E-state index in [-0.39, 0.29) is 24.9 Å². The van der Waals surface area contributed by atoms with Gasteiger partial charge in [-0.1, -0.05) is 36.4 Å². The van der Waals surface area contributed by atoms with Gasteiger partial charge in [0.15, 0.2) is 5.82 Å². The molecule has 1 aliphatic rings. The lowest BCUT2D eigenvalue weighted by atomic mass is 10.1. The molecule has 2 heterocycles. The van der Waals surface area contributed by atoms with Crippen LogP contribution in [0.1, 0.15) is 10.4 Å². The Morgan fingerprint density at radius 2 is 1.65 bits per heavy atom. The van der Waals surface area contributed by atoms with Crippen LogP contribution in [0.4, 0.5) is 10.2 Å². The van der Waals surface area contributed by atoms with Gasteiger partial charge < -0.3 is 14.7 Å². The van der Waals surface area contributed by atoms with Crippen LogP contribution in [-0.2, 0) is 4.79 Å². The molecule has 0 atom stereocenters. The molecule has 1 saturated heterocycles. The van der Waals surface area contributed by atoms with E-state index < -0.39 is 5.82 Å². The Hall–Kier alpha value is -4.07. The molecule has 174 valence electrons. The first-order valence-electron chi connectivity index (χ1n) is 11.1. The third kappa shape index (κ3) is 5.46. The van der Waals surface area contributed by atoms with Gasteiger partial charge in [0.2, 0.25) is 5.91 Å². The van der Waals surface area contributed by atoms with Gasteiger partial charge in [-0.15, -0.1) is 16.8 Å². The fraction of sp³-hybridized carbons (Fsp3) is 0.231. The SMILES string of the molecule is C=CCN(CC(=O)N1CCN(c2ccc(-c3ccccc3)nn2)CC1)C(=O)c1ccc(F)cc1. The summed E-state index contributed by atoms with van der Waals surface area (Å²) in [5, 5.41) is 8.71. The Morgan fingerprint density at radius 1 is 0.941 bits per heavy atom. The van der Waals surface area contributed by atoms with E-state index in [2.05, 4.69) is 21.7 Å². The van der Waals surface area contributed by atoms with Crippen LogP contribution in [0.15, 0.2) is 79.4 Å². The van der Waals surface area contributed by atoms with Crippen molar-refractivity contribution in [1.82, 2.24) is 20.0 Å². The predicted octanol–water partition coefficient (Wildman–Crippen LogP) is 3.26. The van der Waals surface area contributed by atoms with Gasteiger partial charge in [0, 0.05) is 43.9 Å². The van der Waals surface area contributed by atoms with Gasteiger partial charge in [-0.25, -0.2) is 4.39 Å². The Morgan fingerprint density at radius 3 is 2.26 bits per heavy atom. The molecule has 7 nitrogen and oxygen atoms in total. The Kier molecular flexibility index (Phi) is 7.27. The number of benzene rings is 2. The van der Waals surface area contributed by atoms with Crippen LogP contribution in [0, 0.1) is 5.82 Å². The Labute approximate surface area is 198 Å². The molecule has 0 radical (unpaired) electrons.